The zero-order valence-corrected chi connectivity index (χ0v) is 13.6. The lowest BCUT2D eigenvalue weighted by atomic mass is 9.75. The third kappa shape index (κ3) is 2.99. The maximum absolute atomic E-state index is 6.10. The number of halogens is 2. The maximum atomic E-state index is 6.10. The molecule has 0 saturated heterocycles. The quantitative estimate of drug-likeness (QED) is 0.772. The Morgan fingerprint density at radius 2 is 1.95 bits per heavy atom. The second-order valence-corrected chi connectivity index (χ2v) is 6.69. The van der Waals surface area contributed by atoms with E-state index in [1.54, 1.807) is 6.20 Å². The van der Waals surface area contributed by atoms with Gasteiger partial charge in [0.2, 0.25) is 0 Å². The summed E-state index contributed by atoms with van der Waals surface area (Å²) in [7, 11) is 0. The van der Waals surface area contributed by atoms with E-state index in [2.05, 4.69) is 57.4 Å². The average molecular weight is 352 g/mol. The van der Waals surface area contributed by atoms with Gasteiger partial charge in [-0.1, -0.05) is 41.4 Å². The second kappa shape index (κ2) is 5.74. The molecule has 2 nitrogen and oxygen atoms in total. The van der Waals surface area contributed by atoms with Gasteiger partial charge in [0.05, 0.1) is 5.69 Å². The van der Waals surface area contributed by atoms with Crippen LogP contribution in [-0.2, 0) is 0 Å². The van der Waals surface area contributed by atoms with Crippen LogP contribution >= 0.6 is 27.5 Å². The van der Waals surface area contributed by atoms with Gasteiger partial charge in [0.25, 0.3) is 0 Å². The summed E-state index contributed by atoms with van der Waals surface area (Å²) in [6.45, 7) is 2.12. The number of rotatable bonds is 3. The van der Waals surface area contributed by atoms with Crippen molar-refractivity contribution in [2.45, 2.75) is 31.7 Å². The van der Waals surface area contributed by atoms with Crippen LogP contribution in [0.25, 0.3) is 0 Å². The molecule has 0 spiro atoms. The Morgan fingerprint density at radius 3 is 2.65 bits per heavy atom. The molecule has 2 aromatic rings. The van der Waals surface area contributed by atoms with Gasteiger partial charge in [0, 0.05) is 16.7 Å². The first-order valence-electron chi connectivity index (χ1n) is 6.76. The number of aryl methyl sites for hydroxylation is 1. The standard InChI is InChI=1S/C16H16BrClN2/c1-10-2-4-11(5-3-10)12-6-14(7-12)20-15-8-13(17)9-19-16(15)18/h2-5,8-9,12,14,20H,6-7H2,1H3. The van der Waals surface area contributed by atoms with Gasteiger partial charge in [0.1, 0.15) is 0 Å². The lowest BCUT2D eigenvalue weighted by Crippen LogP contribution is -2.34. The van der Waals surface area contributed by atoms with Crippen LogP contribution in [0.4, 0.5) is 5.69 Å². The molecule has 1 aliphatic carbocycles. The number of hydrogen-bond donors (Lipinski definition) is 1. The molecule has 104 valence electrons. The molecule has 0 atom stereocenters. The highest BCUT2D eigenvalue weighted by molar-refractivity contribution is 9.10. The minimum atomic E-state index is 0.481. The summed E-state index contributed by atoms with van der Waals surface area (Å²) in [6, 6.07) is 11.3. The van der Waals surface area contributed by atoms with Crippen molar-refractivity contribution in [1.82, 2.24) is 4.98 Å². The topological polar surface area (TPSA) is 24.9 Å². The van der Waals surface area contributed by atoms with E-state index in [4.69, 9.17) is 11.6 Å². The van der Waals surface area contributed by atoms with Gasteiger partial charge >= 0.3 is 0 Å². The van der Waals surface area contributed by atoms with Gasteiger partial charge in [-0.3, -0.25) is 0 Å². The summed E-state index contributed by atoms with van der Waals surface area (Å²) in [5, 5.41) is 4.01. The van der Waals surface area contributed by atoms with Crippen LogP contribution in [-0.4, -0.2) is 11.0 Å². The molecule has 20 heavy (non-hydrogen) atoms. The first-order valence-corrected chi connectivity index (χ1v) is 7.93. The molecule has 0 bridgehead atoms. The molecule has 1 saturated carbocycles. The highest BCUT2D eigenvalue weighted by Crippen LogP contribution is 2.39. The predicted octanol–water partition coefficient (Wildman–Crippen LogP) is 5.16. The molecule has 3 rings (SSSR count). The molecule has 4 heteroatoms. The summed E-state index contributed by atoms with van der Waals surface area (Å²) < 4.78 is 0.943. The van der Waals surface area contributed by atoms with Crippen LogP contribution in [0.3, 0.4) is 0 Å². The molecule has 1 aromatic heterocycles. The Bertz CT molecular complexity index is 606. The van der Waals surface area contributed by atoms with E-state index in [-0.39, 0.29) is 0 Å². The Morgan fingerprint density at radius 1 is 1.25 bits per heavy atom. The van der Waals surface area contributed by atoms with Crippen molar-refractivity contribution in [1.29, 1.82) is 0 Å². The van der Waals surface area contributed by atoms with Crippen molar-refractivity contribution in [3.8, 4) is 0 Å². The van der Waals surface area contributed by atoms with Crippen LogP contribution in [0.5, 0.6) is 0 Å². The molecule has 1 N–H and O–H groups in total. The van der Waals surface area contributed by atoms with Crippen LogP contribution in [0, 0.1) is 6.92 Å². The minimum Gasteiger partial charge on any atom is -0.380 e. The second-order valence-electron chi connectivity index (χ2n) is 5.41. The van der Waals surface area contributed by atoms with E-state index in [0.29, 0.717) is 17.1 Å². The Balaban J connectivity index is 1.60. The van der Waals surface area contributed by atoms with E-state index in [0.717, 1.165) is 23.0 Å². The molecular weight excluding hydrogens is 336 g/mol. The number of benzene rings is 1. The van der Waals surface area contributed by atoms with Gasteiger partial charge in [0.15, 0.2) is 5.15 Å². The van der Waals surface area contributed by atoms with E-state index < -0.39 is 0 Å². The number of anilines is 1. The van der Waals surface area contributed by atoms with Crippen molar-refractivity contribution in [3.05, 3.63) is 57.3 Å². The fourth-order valence-corrected chi connectivity index (χ4v) is 3.08. The third-order valence-corrected chi connectivity index (χ3v) is 4.59. The maximum Gasteiger partial charge on any atom is 0.152 e. The molecule has 0 unspecified atom stereocenters. The van der Waals surface area contributed by atoms with Gasteiger partial charge in [-0.15, -0.1) is 0 Å². The monoisotopic (exact) mass is 350 g/mol. The van der Waals surface area contributed by atoms with Crippen molar-refractivity contribution in [3.63, 3.8) is 0 Å². The highest BCUT2D eigenvalue weighted by Gasteiger charge is 2.30. The van der Waals surface area contributed by atoms with Crippen LogP contribution in [0.2, 0.25) is 5.15 Å². The van der Waals surface area contributed by atoms with Gasteiger partial charge < -0.3 is 5.32 Å². The van der Waals surface area contributed by atoms with Gasteiger partial charge in [-0.25, -0.2) is 4.98 Å². The molecule has 0 amide bonds. The number of aromatic nitrogens is 1. The molecule has 1 aliphatic rings. The minimum absolute atomic E-state index is 0.481. The van der Waals surface area contributed by atoms with E-state index in [1.807, 2.05) is 6.07 Å². The first-order chi connectivity index (χ1) is 9.61. The highest BCUT2D eigenvalue weighted by atomic mass is 79.9. The first kappa shape index (κ1) is 13.9. The molecular formula is C16H16BrClN2. The number of hydrogen-bond acceptors (Lipinski definition) is 2. The lowest BCUT2D eigenvalue weighted by molar-refractivity contribution is 0.374. The summed E-state index contributed by atoms with van der Waals surface area (Å²) in [5.74, 6) is 0.659. The summed E-state index contributed by atoms with van der Waals surface area (Å²) in [6.07, 6.45) is 4.00. The number of pyridine rings is 1. The van der Waals surface area contributed by atoms with Crippen molar-refractivity contribution >= 4 is 33.2 Å². The third-order valence-electron chi connectivity index (χ3n) is 3.85. The summed E-state index contributed by atoms with van der Waals surface area (Å²) >= 11 is 9.52. The molecule has 1 aromatic carbocycles. The largest absolute Gasteiger partial charge is 0.380 e. The van der Waals surface area contributed by atoms with Crippen molar-refractivity contribution in [2.24, 2.45) is 0 Å². The fourth-order valence-electron chi connectivity index (χ4n) is 2.59. The van der Waals surface area contributed by atoms with E-state index in [1.165, 1.54) is 11.1 Å². The van der Waals surface area contributed by atoms with Crippen molar-refractivity contribution in [2.75, 3.05) is 5.32 Å². The predicted molar refractivity (Wildman–Crippen MR) is 87.5 cm³/mol. The van der Waals surface area contributed by atoms with Crippen LogP contribution in [0.1, 0.15) is 29.9 Å². The SMILES string of the molecule is Cc1ccc(C2CC(Nc3cc(Br)cnc3Cl)C2)cc1. The van der Waals surface area contributed by atoms with Gasteiger partial charge in [-0.05, 0) is 53.2 Å². The molecule has 0 aliphatic heterocycles. The van der Waals surface area contributed by atoms with Gasteiger partial charge in [-0.2, -0.15) is 0 Å². The molecule has 1 fully saturated rings. The summed E-state index contributed by atoms with van der Waals surface area (Å²) in [4.78, 5) is 4.13. The summed E-state index contributed by atoms with van der Waals surface area (Å²) in [5.41, 5.74) is 3.66. The lowest BCUT2D eigenvalue weighted by Gasteiger charge is -2.37. The van der Waals surface area contributed by atoms with E-state index in [9.17, 15) is 0 Å². The van der Waals surface area contributed by atoms with Crippen LogP contribution < -0.4 is 5.32 Å². The van der Waals surface area contributed by atoms with E-state index >= 15 is 0 Å². The fraction of sp³-hybridized carbons (Fsp3) is 0.312. The normalized spacial score (nSPS) is 21.4. The number of nitrogens with one attached hydrogen (secondary N) is 1. The Labute approximate surface area is 132 Å². The Hall–Kier alpha value is -1.06. The average Bonchev–Trinajstić information content (AvgIpc) is 2.39. The van der Waals surface area contributed by atoms with Crippen molar-refractivity contribution < 1.29 is 0 Å². The van der Waals surface area contributed by atoms with Crippen LogP contribution in [0.15, 0.2) is 41.0 Å². The number of nitrogens with zero attached hydrogens (tertiary/aromatic N) is 1. The molecule has 0 radical (unpaired) electrons. The Kier molecular flexibility index (Phi) is 3.99. The zero-order chi connectivity index (χ0) is 14.1. The molecule has 1 heterocycles. The zero-order valence-electron chi connectivity index (χ0n) is 11.2. The smallest absolute Gasteiger partial charge is 0.152 e.